The van der Waals surface area contributed by atoms with Gasteiger partial charge < -0.3 is 49.6 Å². The summed E-state index contributed by atoms with van der Waals surface area (Å²) in [5, 5.41) is 68.8. The van der Waals surface area contributed by atoms with E-state index in [-0.39, 0.29) is 42.1 Å². The molecule has 0 aromatic heterocycles. The number of aliphatic hydroxyl groups excluding tert-OH is 5. The normalized spacial score (nSPS) is 52.4. The summed E-state index contributed by atoms with van der Waals surface area (Å²) in [6.07, 6.45) is 0.134. The van der Waals surface area contributed by atoms with Gasteiger partial charge in [-0.05, 0) is 66.6 Å². The summed E-state index contributed by atoms with van der Waals surface area (Å²) in [7, 11) is 2.97. The molecule has 4 saturated carbocycles. The SMILES string of the molecule is COC1COC(O[C@H]2CC[C@@]3(C)C([C@H](O)C[C@]4(O)C3CC[C@@]3(C)C4[C@@H](O)C[C@@H]3[C@H](C)/C=C/[C@H](O)C(C)C)[C@H]2O)C(OC)C1O. The highest BCUT2D eigenvalue weighted by atomic mass is 16.7. The van der Waals surface area contributed by atoms with Gasteiger partial charge in [0.05, 0.1) is 42.7 Å². The molecule has 1 heterocycles. The molecule has 7 unspecified atom stereocenters. The number of methoxy groups -OCH3 is 2. The summed E-state index contributed by atoms with van der Waals surface area (Å²) >= 11 is 0. The molecule has 6 N–H and O–H groups in total. The van der Waals surface area contributed by atoms with Crippen LogP contribution in [0, 0.1) is 46.3 Å². The Balaban J connectivity index is 1.35. The zero-order valence-corrected chi connectivity index (χ0v) is 27.6. The second-order valence-electron chi connectivity index (χ2n) is 15.6. The molecule has 0 spiro atoms. The van der Waals surface area contributed by atoms with Crippen LogP contribution in [0.3, 0.4) is 0 Å². The smallest absolute Gasteiger partial charge is 0.186 e. The molecule has 0 bridgehead atoms. The largest absolute Gasteiger partial charge is 0.393 e. The van der Waals surface area contributed by atoms with Gasteiger partial charge in [0.25, 0.3) is 0 Å². The van der Waals surface area contributed by atoms with E-state index in [1.807, 2.05) is 19.9 Å². The first-order valence-corrected chi connectivity index (χ1v) is 16.8. The summed E-state index contributed by atoms with van der Waals surface area (Å²) in [6.45, 7) is 10.5. The maximum Gasteiger partial charge on any atom is 0.186 e. The van der Waals surface area contributed by atoms with Gasteiger partial charge in [-0.2, -0.15) is 0 Å². The van der Waals surface area contributed by atoms with Crippen LogP contribution in [-0.4, -0.2) is 112 Å². The highest BCUT2D eigenvalue weighted by molar-refractivity contribution is 5.21. The van der Waals surface area contributed by atoms with Crippen LogP contribution in [-0.2, 0) is 18.9 Å². The van der Waals surface area contributed by atoms with E-state index in [4.69, 9.17) is 18.9 Å². The lowest BCUT2D eigenvalue weighted by molar-refractivity contribution is -0.321. The minimum atomic E-state index is -1.28. The Morgan fingerprint density at radius 1 is 0.864 bits per heavy atom. The molecule has 0 aromatic carbocycles. The summed E-state index contributed by atoms with van der Waals surface area (Å²) in [4.78, 5) is 0. The highest BCUT2D eigenvalue weighted by Crippen LogP contribution is 2.69. The predicted octanol–water partition coefficient (Wildman–Crippen LogP) is 2.01. The lowest BCUT2D eigenvalue weighted by Crippen LogP contribution is -2.71. The van der Waals surface area contributed by atoms with Crippen molar-refractivity contribution in [3.8, 4) is 0 Å². The average molecular weight is 627 g/mol. The molecule has 0 amide bonds. The molecule has 1 saturated heterocycles. The maximum atomic E-state index is 12.7. The van der Waals surface area contributed by atoms with Crippen molar-refractivity contribution >= 4 is 0 Å². The quantitative estimate of drug-likeness (QED) is 0.174. The molecule has 5 aliphatic rings. The fraction of sp³-hybridized carbons (Fsp3) is 0.941. The molecular weight excluding hydrogens is 568 g/mol. The van der Waals surface area contributed by atoms with E-state index in [9.17, 15) is 30.6 Å². The lowest BCUT2D eigenvalue weighted by atomic mass is 9.41. The molecule has 17 atom stereocenters. The first-order chi connectivity index (χ1) is 20.6. The Kier molecular flexibility index (Phi) is 10.0. The summed E-state index contributed by atoms with van der Waals surface area (Å²) < 4.78 is 22.9. The van der Waals surface area contributed by atoms with Crippen molar-refractivity contribution in [1.82, 2.24) is 0 Å². The molecule has 10 heteroatoms. The van der Waals surface area contributed by atoms with Gasteiger partial charge in [0.1, 0.15) is 18.3 Å². The first-order valence-electron chi connectivity index (χ1n) is 16.8. The van der Waals surface area contributed by atoms with Crippen LogP contribution >= 0.6 is 0 Å². The van der Waals surface area contributed by atoms with Crippen LogP contribution in [0.2, 0.25) is 0 Å². The van der Waals surface area contributed by atoms with Crippen LogP contribution in [0.4, 0.5) is 0 Å². The van der Waals surface area contributed by atoms with Gasteiger partial charge in [-0.1, -0.05) is 46.8 Å². The molecule has 44 heavy (non-hydrogen) atoms. The number of aliphatic hydroxyl groups is 6. The Labute approximate surface area is 262 Å². The third-order valence-corrected chi connectivity index (χ3v) is 13.0. The van der Waals surface area contributed by atoms with Gasteiger partial charge in [0, 0.05) is 32.5 Å². The number of rotatable bonds is 8. The van der Waals surface area contributed by atoms with Crippen LogP contribution in [0.5, 0.6) is 0 Å². The standard InChI is InChI=1S/C34H58O10/c1-17(2)20(35)9-8-18(3)19-14-21(36)30-32(19,4)13-11-25-33(5)12-10-23(27(38)26(33)22(37)15-34(25,30)40)44-31-29(42-7)28(39)24(41-6)16-43-31/h8-9,17-31,35-40H,10-16H2,1-7H3/b9-8+/t18-,19-,20+,21+,22-,23+,24?,25?,26?,27+,28?,29?,30?,31?,32-,33-,34+/m1/s1. The number of hydrogen-bond donors (Lipinski definition) is 6. The fourth-order valence-electron chi connectivity index (χ4n) is 10.7. The molecule has 0 radical (unpaired) electrons. The van der Waals surface area contributed by atoms with Crippen LogP contribution in [0.25, 0.3) is 0 Å². The monoisotopic (exact) mass is 626 g/mol. The number of fused-ring (bicyclic) bond motifs is 5. The zero-order chi connectivity index (χ0) is 32.4. The van der Waals surface area contributed by atoms with E-state index in [0.29, 0.717) is 19.3 Å². The minimum absolute atomic E-state index is 0.0802. The van der Waals surface area contributed by atoms with E-state index in [1.165, 1.54) is 14.2 Å². The summed E-state index contributed by atoms with van der Waals surface area (Å²) in [6, 6.07) is 0. The first kappa shape index (κ1) is 34.7. The van der Waals surface area contributed by atoms with Gasteiger partial charge in [-0.15, -0.1) is 0 Å². The second kappa shape index (κ2) is 12.7. The average Bonchev–Trinajstić information content (AvgIpc) is 3.24. The third-order valence-electron chi connectivity index (χ3n) is 13.0. The van der Waals surface area contributed by atoms with Crippen molar-refractivity contribution < 1.29 is 49.6 Å². The van der Waals surface area contributed by atoms with Crippen molar-refractivity contribution in [2.45, 2.75) is 134 Å². The van der Waals surface area contributed by atoms with E-state index in [2.05, 4.69) is 26.8 Å². The molecule has 0 aromatic rings. The molecule has 5 rings (SSSR count). The van der Waals surface area contributed by atoms with Crippen LogP contribution in [0.1, 0.15) is 73.1 Å². The van der Waals surface area contributed by atoms with Gasteiger partial charge in [0.15, 0.2) is 6.29 Å². The highest BCUT2D eigenvalue weighted by Gasteiger charge is 2.72. The van der Waals surface area contributed by atoms with Gasteiger partial charge in [-0.3, -0.25) is 0 Å². The molecule has 254 valence electrons. The Morgan fingerprint density at radius 2 is 1.55 bits per heavy atom. The number of allylic oxidation sites excluding steroid dienone is 1. The molecule has 1 aliphatic heterocycles. The number of ether oxygens (including phenoxy) is 4. The summed E-state index contributed by atoms with van der Waals surface area (Å²) in [5.74, 6) is -0.803. The minimum Gasteiger partial charge on any atom is -0.393 e. The topological polar surface area (TPSA) is 158 Å². The lowest BCUT2D eigenvalue weighted by Gasteiger charge is -2.66. The Morgan fingerprint density at radius 3 is 2.18 bits per heavy atom. The van der Waals surface area contributed by atoms with Gasteiger partial charge in [-0.25, -0.2) is 0 Å². The van der Waals surface area contributed by atoms with E-state index < -0.39 is 78.0 Å². The Bertz CT molecular complexity index is 1020. The van der Waals surface area contributed by atoms with Crippen molar-refractivity contribution in [3.63, 3.8) is 0 Å². The van der Waals surface area contributed by atoms with E-state index in [0.717, 1.165) is 12.8 Å². The van der Waals surface area contributed by atoms with Crippen molar-refractivity contribution in [2.75, 3.05) is 20.8 Å². The van der Waals surface area contributed by atoms with Crippen molar-refractivity contribution in [2.24, 2.45) is 46.3 Å². The van der Waals surface area contributed by atoms with Crippen molar-refractivity contribution in [1.29, 1.82) is 0 Å². The molecule has 5 fully saturated rings. The van der Waals surface area contributed by atoms with Crippen LogP contribution in [0.15, 0.2) is 12.2 Å². The van der Waals surface area contributed by atoms with E-state index >= 15 is 0 Å². The predicted molar refractivity (Wildman–Crippen MR) is 162 cm³/mol. The molecular formula is C34H58O10. The maximum absolute atomic E-state index is 12.7. The molecule has 10 nitrogen and oxygen atoms in total. The number of hydrogen-bond acceptors (Lipinski definition) is 10. The fourth-order valence-corrected chi connectivity index (χ4v) is 10.7. The van der Waals surface area contributed by atoms with Gasteiger partial charge in [0.2, 0.25) is 0 Å². The van der Waals surface area contributed by atoms with E-state index in [1.54, 1.807) is 0 Å². The van der Waals surface area contributed by atoms with Gasteiger partial charge >= 0.3 is 0 Å². The molecule has 4 aliphatic carbocycles. The third kappa shape index (κ3) is 5.53. The van der Waals surface area contributed by atoms with Crippen molar-refractivity contribution in [3.05, 3.63) is 12.2 Å². The second-order valence-corrected chi connectivity index (χ2v) is 15.6. The Hall–Kier alpha value is -0.660. The zero-order valence-electron chi connectivity index (χ0n) is 27.6. The summed E-state index contributed by atoms with van der Waals surface area (Å²) in [5.41, 5.74) is -2.20. The van der Waals surface area contributed by atoms with Crippen LogP contribution < -0.4 is 0 Å².